The highest BCUT2D eigenvalue weighted by Crippen LogP contribution is 2.17. The van der Waals surface area contributed by atoms with Crippen LogP contribution in [0.3, 0.4) is 0 Å². The number of aryl methyl sites for hydroxylation is 2. The third-order valence-corrected chi connectivity index (χ3v) is 2.31. The molecule has 0 atom stereocenters. The van der Waals surface area contributed by atoms with E-state index in [1.165, 1.54) is 0 Å². The van der Waals surface area contributed by atoms with Gasteiger partial charge in [0.05, 0.1) is 12.2 Å². The number of hydrogen-bond acceptors (Lipinski definition) is 3. The molecule has 15 heavy (non-hydrogen) atoms. The highest BCUT2D eigenvalue weighted by molar-refractivity contribution is 5.92. The Balaban J connectivity index is 3.13. The Bertz CT molecular complexity index is 349. The summed E-state index contributed by atoms with van der Waals surface area (Å²) in [7, 11) is 0. The van der Waals surface area contributed by atoms with Crippen molar-refractivity contribution < 1.29 is 9.53 Å². The molecule has 0 aliphatic heterocycles. The Hall–Kier alpha value is -1.35. The van der Waals surface area contributed by atoms with Crippen LogP contribution in [0.5, 0.6) is 0 Å². The zero-order valence-corrected chi connectivity index (χ0v) is 9.46. The molecule has 3 nitrogen and oxygen atoms in total. The van der Waals surface area contributed by atoms with E-state index in [1.54, 1.807) is 6.92 Å². The van der Waals surface area contributed by atoms with E-state index in [9.17, 15) is 4.79 Å². The molecule has 3 heteroatoms. The van der Waals surface area contributed by atoms with E-state index >= 15 is 0 Å². The number of nitrogens with two attached hydrogens (primary N) is 1. The number of esters is 1. The zero-order valence-electron chi connectivity index (χ0n) is 9.46. The SMILES string of the molecule is CCOC(=O)c1c(C)cc(CN)cc1C. The van der Waals surface area contributed by atoms with Crippen molar-refractivity contribution >= 4 is 5.97 Å². The Morgan fingerprint density at radius 1 is 1.33 bits per heavy atom. The average molecular weight is 207 g/mol. The van der Waals surface area contributed by atoms with Crippen molar-refractivity contribution in [2.45, 2.75) is 27.3 Å². The molecule has 1 rings (SSSR count). The van der Waals surface area contributed by atoms with Gasteiger partial charge in [0, 0.05) is 6.54 Å². The molecule has 0 bridgehead atoms. The van der Waals surface area contributed by atoms with Crippen molar-refractivity contribution in [1.29, 1.82) is 0 Å². The van der Waals surface area contributed by atoms with Gasteiger partial charge in [-0.3, -0.25) is 0 Å². The minimum atomic E-state index is -0.254. The zero-order chi connectivity index (χ0) is 11.4. The lowest BCUT2D eigenvalue weighted by molar-refractivity contribution is 0.0524. The van der Waals surface area contributed by atoms with Crippen LogP contribution < -0.4 is 5.73 Å². The molecule has 1 aromatic carbocycles. The van der Waals surface area contributed by atoms with Gasteiger partial charge in [-0.2, -0.15) is 0 Å². The summed E-state index contributed by atoms with van der Waals surface area (Å²) in [6, 6.07) is 3.86. The van der Waals surface area contributed by atoms with Crippen molar-refractivity contribution in [3.63, 3.8) is 0 Å². The maximum Gasteiger partial charge on any atom is 0.338 e. The highest BCUT2D eigenvalue weighted by atomic mass is 16.5. The normalized spacial score (nSPS) is 10.1. The summed E-state index contributed by atoms with van der Waals surface area (Å²) < 4.78 is 4.99. The van der Waals surface area contributed by atoms with Gasteiger partial charge in [0.2, 0.25) is 0 Å². The number of carbonyl (C=O) groups excluding carboxylic acids is 1. The lowest BCUT2D eigenvalue weighted by atomic mass is 9.99. The molecule has 0 saturated carbocycles. The summed E-state index contributed by atoms with van der Waals surface area (Å²) in [5.74, 6) is -0.254. The van der Waals surface area contributed by atoms with E-state index in [0.717, 1.165) is 16.7 Å². The molecule has 2 N–H and O–H groups in total. The van der Waals surface area contributed by atoms with E-state index in [2.05, 4.69) is 0 Å². The second-order valence-electron chi connectivity index (χ2n) is 3.53. The van der Waals surface area contributed by atoms with Gasteiger partial charge >= 0.3 is 5.97 Å². The molecule has 0 unspecified atom stereocenters. The summed E-state index contributed by atoms with van der Waals surface area (Å²) in [6.45, 7) is 6.49. The number of rotatable bonds is 3. The molecule has 0 spiro atoms. The Morgan fingerprint density at radius 2 is 1.87 bits per heavy atom. The molecule has 0 aromatic heterocycles. The molecule has 0 fully saturated rings. The van der Waals surface area contributed by atoms with Gasteiger partial charge in [0.25, 0.3) is 0 Å². The topological polar surface area (TPSA) is 52.3 Å². The quantitative estimate of drug-likeness (QED) is 0.770. The lowest BCUT2D eigenvalue weighted by Gasteiger charge is -2.10. The summed E-state index contributed by atoms with van der Waals surface area (Å²) in [5, 5.41) is 0. The van der Waals surface area contributed by atoms with E-state index < -0.39 is 0 Å². The summed E-state index contributed by atoms with van der Waals surface area (Å²) in [4.78, 5) is 11.6. The predicted molar refractivity (Wildman–Crippen MR) is 59.8 cm³/mol. The van der Waals surface area contributed by atoms with Gasteiger partial charge < -0.3 is 10.5 Å². The molecule has 0 saturated heterocycles. The second kappa shape index (κ2) is 4.94. The van der Waals surface area contributed by atoms with E-state index in [-0.39, 0.29) is 5.97 Å². The average Bonchev–Trinajstić information content (AvgIpc) is 2.16. The maximum atomic E-state index is 11.6. The minimum Gasteiger partial charge on any atom is -0.462 e. The molecular formula is C12H17NO2. The van der Waals surface area contributed by atoms with Crippen LogP contribution in [-0.2, 0) is 11.3 Å². The Labute approximate surface area is 90.2 Å². The van der Waals surface area contributed by atoms with E-state index in [4.69, 9.17) is 10.5 Å². The van der Waals surface area contributed by atoms with Crippen molar-refractivity contribution in [3.05, 3.63) is 34.4 Å². The minimum absolute atomic E-state index is 0.254. The standard InChI is InChI=1S/C12H17NO2/c1-4-15-12(14)11-8(2)5-10(7-13)6-9(11)3/h5-6H,4,7,13H2,1-3H3. The van der Waals surface area contributed by atoms with Gasteiger partial charge in [0.1, 0.15) is 0 Å². The lowest BCUT2D eigenvalue weighted by Crippen LogP contribution is -2.10. The van der Waals surface area contributed by atoms with E-state index in [0.29, 0.717) is 18.7 Å². The highest BCUT2D eigenvalue weighted by Gasteiger charge is 2.13. The molecule has 0 aliphatic rings. The predicted octanol–water partition coefficient (Wildman–Crippen LogP) is 1.94. The Kier molecular flexibility index (Phi) is 3.86. The summed E-state index contributed by atoms with van der Waals surface area (Å²) in [6.07, 6.45) is 0. The van der Waals surface area contributed by atoms with Gasteiger partial charge in [0.15, 0.2) is 0 Å². The summed E-state index contributed by atoms with van der Waals surface area (Å²) >= 11 is 0. The van der Waals surface area contributed by atoms with E-state index in [1.807, 2.05) is 26.0 Å². The van der Waals surface area contributed by atoms with Crippen molar-refractivity contribution in [1.82, 2.24) is 0 Å². The molecule has 82 valence electrons. The number of ether oxygens (including phenoxy) is 1. The fraction of sp³-hybridized carbons (Fsp3) is 0.417. The van der Waals surface area contributed by atoms with Crippen LogP contribution in [0.25, 0.3) is 0 Å². The second-order valence-corrected chi connectivity index (χ2v) is 3.53. The first kappa shape index (κ1) is 11.7. The Morgan fingerprint density at radius 3 is 2.27 bits per heavy atom. The van der Waals surface area contributed by atoms with Crippen LogP contribution >= 0.6 is 0 Å². The first-order chi connectivity index (χ1) is 7.10. The first-order valence-corrected chi connectivity index (χ1v) is 5.07. The fourth-order valence-corrected chi connectivity index (χ4v) is 1.70. The third kappa shape index (κ3) is 2.57. The van der Waals surface area contributed by atoms with Gasteiger partial charge in [-0.15, -0.1) is 0 Å². The number of carbonyl (C=O) groups is 1. The molecule has 1 aromatic rings. The third-order valence-electron chi connectivity index (χ3n) is 2.31. The van der Waals surface area contributed by atoms with Crippen LogP contribution in [0.15, 0.2) is 12.1 Å². The first-order valence-electron chi connectivity index (χ1n) is 5.07. The fourth-order valence-electron chi connectivity index (χ4n) is 1.70. The van der Waals surface area contributed by atoms with Crippen LogP contribution in [-0.4, -0.2) is 12.6 Å². The van der Waals surface area contributed by atoms with Crippen molar-refractivity contribution in [3.8, 4) is 0 Å². The monoisotopic (exact) mass is 207 g/mol. The molecular weight excluding hydrogens is 190 g/mol. The van der Waals surface area contributed by atoms with Crippen molar-refractivity contribution in [2.24, 2.45) is 5.73 Å². The molecule has 0 aliphatic carbocycles. The maximum absolute atomic E-state index is 11.6. The summed E-state index contributed by atoms with van der Waals surface area (Å²) in [5.41, 5.74) is 9.11. The van der Waals surface area contributed by atoms with Gasteiger partial charge in [-0.05, 0) is 37.5 Å². The number of benzene rings is 1. The van der Waals surface area contributed by atoms with Crippen molar-refractivity contribution in [2.75, 3.05) is 6.61 Å². The van der Waals surface area contributed by atoms with Crippen LogP contribution in [0.4, 0.5) is 0 Å². The molecule has 0 radical (unpaired) electrons. The number of hydrogen-bond donors (Lipinski definition) is 1. The largest absolute Gasteiger partial charge is 0.462 e. The smallest absolute Gasteiger partial charge is 0.338 e. The van der Waals surface area contributed by atoms with Crippen LogP contribution in [0.2, 0.25) is 0 Å². The van der Waals surface area contributed by atoms with Gasteiger partial charge in [-0.1, -0.05) is 12.1 Å². The van der Waals surface area contributed by atoms with Gasteiger partial charge in [-0.25, -0.2) is 4.79 Å². The van der Waals surface area contributed by atoms with Crippen LogP contribution in [0, 0.1) is 13.8 Å². The molecule has 0 amide bonds. The molecule has 0 heterocycles. The van der Waals surface area contributed by atoms with Crippen LogP contribution in [0.1, 0.15) is 34.0 Å².